The van der Waals surface area contributed by atoms with E-state index >= 15 is 0 Å². The molecule has 39 heavy (non-hydrogen) atoms. The molecule has 0 unspecified atom stereocenters. The van der Waals surface area contributed by atoms with Crippen LogP contribution in [0.15, 0.2) is 49.2 Å². The average molecular weight is 559 g/mol. The molecule has 1 aliphatic heterocycles. The first-order chi connectivity index (χ1) is 18.7. The van der Waals surface area contributed by atoms with Gasteiger partial charge in [-0.1, -0.05) is 11.6 Å². The maximum Gasteiger partial charge on any atom is 0.416 e. The van der Waals surface area contributed by atoms with Crippen LogP contribution in [0.25, 0.3) is 16.7 Å². The number of likely N-dealkylation sites (N-methyl/N-ethyl adjacent to an activating group) is 1. The standard InChI is InChI=1S/C25H22ClF3N8O2/c1-35-5-3-16(13-35)38-17-8-14(25(27,28)29)7-15(9-17)33-24-34-23-22(36(24)2)21(26)20(11-31-23)39-19-12-32-37-6-4-30-10-18(19)37/h4,6-12,16H,3,5,13H2,1-2H3,(H,31,33,34)/t16-/m1/s1. The van der Waals surface area contributed by atoms with Gasteiger partial charge < -0.3 is 24.3 Å². The van der Waals surface area contributed by atoms with Gasteiger partial charge in [0.1, 0.15) is 27.9 Å². The van der Waals surface area contributed by atoms with Crippen molar-refractivity contribution in [2.24, 2.45) is 7.05 Å². The number of benzene rings is 1. The van der Waals surface area contributed by atoms with Gasteiger partial charge in [0.05, 0.1) is 24.2 Å². The number of anilines is 2. The molecule has 14 heteroatoms. The first kappa shape index (κ1) is 25.2. The molecule has 0 amide bonds. The van der Waals surface area contributed by atoms with Crippen LogP contribution < -0.4 is 14.8 Å². The Kier molecular flexibility index (Phi) is 6.19. The van der Waals surface area contributed by atoms with Gasteiger partial charge in [-0.15, -0.1) is 0 Å². The van der Waals surface area contributed by atoms with Crippen LogP contribution in [0.3, 0.4) is 0 Å². The largest absolute Gasteiger partial charge is 0.489 e. The second-order valence-electron chi connectivity index (χ2n) is 9.28. The lowest BCUT2D eigenvalue weighted by atomic mass is 10.1. The number of hydrogen-bond donors (Lipinski definition) is 1. The van der Waals surface area contributed by atoms with Crippen molar-refractivity contribution in [2.45, 2.75) is 18.7 Å². The number of rotatable bonds is 6. The molecule has 10 nitrogen and oxygen atoms in total. The van der Waals surface area contributed by atoms with Crippen molar-refractivity contribution in [3.8, 4) is 17.2 Å². The molecule has 6 rings (SSSR count). The van der Waals surface area contributed by atoms with Crippen LogP contribution in [0.1, 0.15) is 12.0 Å². The number of ether oxygens (including phenoxy) is 2. The summed E-state index contributed by atoms with van der Waals surface area (Å²) in [6.07, 6.45) is 3.84. The van der Waals surface area contributed by atoms with E-state index in [-0.39, 0.29) is 39.9 Å². The van der Waals surface area contributed by atoms with Crippen LogP contribution in [-0.4, -0.2) is 60.3 Å². The van der Waals surface area contributed by atoms with Crippen molar-refractivity contribution < 1.29 is 22.6 Å². The summed E-state index contributed by atoms with van der Waals surface area (Å²) >= 11 is 6.68. The number of nitrogens with one attached hydrogen (secondary N) is 1. The molecule has 0 spiro atoms. The van der Waals surface area contributed by atoms with Gasteiger partial charge in [0.25, 0.3) is 0 Å². The molecule has 5 heterocycles. The maximum atomic E-state index is 13.7. The summed E-state index contributed by atoms with van der Waals surface area (Å²) in [6, 6.07) is 3.54. The predicted octanol–water partition coefficient (Wildman–Crippen LogP) is 5.30. The Morgan fingerprint density at radius 3 is 2.72 bits per heavy atom. The van der Waals surface area contributed by atoms with E-state index in [1.165, 1.54) is 18.5 Å². The molecule has 0 radical (unpaired) electrons. The van der Waals surface area contributed by atoms with Crippen LogP contribution in [0.2, 0.25) is 5.02 Å². The van der Waals surface area contributed by atoms with Crippen molar-refractivity contribution in [3.63, 3.8) is 0 Å². The van der Waals surface area contributed by atoms with E-state index in [0.717, 1.165) is 25.1 Å². The number of likely N-dealkylation sites (tertiary alicyclic amines) is 1. The maximum absolute atomic E-state index is 13.7. The zero-order valence-corrected chi connectivity index (χ0v) is 21.5. The van der Waals surface area contributed by atoms with Crippen LogP contribution in [0, 0.1) is 0 Å². The number of alkyl halides is 3. The molecule has 202 valence electrons. The Labute approximate surface area is 224 Å². The number of fused-ring (bicyclic) bond motifs is 2. The van der Waals surface area contributed by atoms with Gasteiger partial charge in [-0.25, -0.2) is 9.50 Å². The molecule has 4 aromatic heterocycles. The lowest BCUT2D eigenvalue weighted by molar-refractivity contribution is -0.137. The van der Waals surface area contributed by atoms with Crippen LogP contribution in [0.5, 0.6) is 17.2 Å². The topological polar surface area (TPSA) is 94.6 Å². The highest BCUT2D eigenvalue weighted by atomic mass is 35.5. The van der Waals surface area contributed by atoms with E-state index in [1.807, 2.05) is 7.05 Å². The zero-order chi connectivity index (χ0) is 27.3. The van der Waals surface area contributed by atoms with Gasteiger partial charge in [-0.2, -0.15) is 23.3 Å². The van der Waals surface area contributed by atoms with E-state index in [2.05, 4.69) is 30.3 Å². The molecule has 1 N–H and O–H groups in total. The molecule has 1 atom stereocenters. The zero-order valence-electron chi connectivity index (χ0n) is 20.8. The lowest BCUT2D eigenvalue weighted by Crippen LogP contribution is -2.21. The Hall–Kier alpha value is -4.10. The fourth-order valence-electron chi connectivity index (χ4n) is 4.52. The van der Waals surface area contributed by atoms with Crippen LogP contribution in [-0.2, 0) is 13.2 Å². The molecule has 0 bridgehead atoms. The molecule has 1 aliphatic rings. The highest BCUT2D eigenvalue weighted by Crippen LogP contribution is 2.38. The molecule has 1 aromatic carbocycles. The number of nitrogens with zero attached hydrogens (tertiary/aromatic N) is 7. The van der Waals surface area contributed by atoms with Gasteiger partial charge in [0.2, 0.25) is 5.95 Å². The highest BCUT2D eigenvalue weighted by molar-refractivity contribution is 6.36. The summed E-state index contributed by atoms with van der Waals surface area (Å²) in [6.45, 7) is 1.46. The summed E-state index contributed by atoms with van der Waals surface area (Å²) in [7, 11) is 3.62. The quantitative estimate of drug-likeness (QED) is 0.300. The minimum absolute atomic E-state index is 0.126. The normalized spacial score (nSPS) is 16.3. The second kappa shape index (κ2) is 9.58. The number of aryl methyl sites for hydroxylation is 1. The van der Waals surface area contributed by atoms with Crippen molar-refractivity contribution in [1.82, 2.24) is 34.0 Å². The molecule has 1 saturated heterocycles. The summed E-state index contributed by atoms with van der Waals surface area (Å²) in [5.74, 6) is 1.05. The fourth-order valence-corrected chi connectivity index (χ4v) is 4.82. The third-order valence-electron chi connectivity index (χ3n) is 6.46. The molecule has 0 aliphatic carbocycles. The van der Waals surface area contributed by atoms with E-state index in [0.29, 0.717) is 23.3 Å². The summed E-state index contributed by atoms with van der Waals surface area (Å²) in [5, 5.41) is 7.40. The SMILES string of the molecule is CN1CC[C@@H](Oc2cc(Nc3nc4ncc(Oc5cnn6ccncc56)c(Cl)c4n3C)cc(C(F)(F)F)c2)C1. The lowest BCUT2D eigenvalue weighted by Gasteiger charge is -2.17. The Bertz CT molecular complexity index is 1690. The summed E-state index contributed by atoms with van der Waals surface area (Å²) in [5.41, 5.74) is 0.686. The van der Waals surface area contributed by atoms with Crippen molar-refractivity contribution in [2.75, 3.05) is 25.5 Å². The molecular formula is C25H22ClF3N8O2. The summed E-state index contributed by atoms with van der Waals surface area (Å²) < 4.78 is 56.2. The minimum Gasteiger partial charge on any atom is -0.489 e. The first-order valence-electron chi connectivity index (χ1n) is 12.0. The van der Waals surface area contributed by atoms with Crippen LogP contribution in [0.4, 0.5) is 24.8 Å². The minimum atomic E-state index is -4.56. The number of aromatic nitrogens is 6. The van der Waals surface area contributed by atoms with Crippen LogP contribution >= 0.6 is 11.6 Å². The highest BCUT2D eigenvalue weighted by Gasteiger charge is 2.32. The third kappa shape index (κ3) is 4.90. The van der Waals surface area contributed by atoms with E-state index in [9.17, 15) is 13.2 Å². The van der Waals surface area contributed by atoms with Gasteiger partial charge in [-0.05, 0) is 25.6 Å². The van der Waals surface area contributed by atoms with Gasteiger partial charge in [0.15, 0.2) is 17.1 Å². The van der Waals surface area contributed by atoms with E-state index < -0.39 is 11.7 Å². The summed E-state index contributed by atoms with van der Waals surface area (Å²) in [4.78, 5) is 14.9. The van der Waals surface area contributed by atoms with Gasteiger partial charge in [-0.3, -0.25) is 4.98 Å². The Morgan fingerprint density at radius 2 is 1.95 bits per heavy atom. The smallest absolute Gasteiger partial charge is 0.416 e. The molecular weight excluding hydrogens is 537 g/mol. The number of hydrogen-bond acceptors (Lipinski definition) is 8. The molecule has 0 saturated carbocycles. The van der Waals surface area contributed by atoms with Gasteiger partial charge in [0, 0.05) is 44.3 Å². The third-order valence-corrected chi connectivity index (χ3v) is 6.82. The second-order valence-corrected chi connectivity index (χ2v) is 9.66. The molecule has 5 aromatic rings. The fraction of sp³-hybridized carbons (Fsp3) is 0.280. The Balaban J connectivity index is 1.32. The van der Waals surface area contributed by atoms with Crippen molar-refractivity contribution in [3.05, 3.63) is 59.8 Å². The Morgan fingerprint density at radius 1 is 1.10 bits per heavy atom. The van der Waals surface area contributed by atoms with Crippen molar-refractivity contribution >= 4 is 39.9 Å². The predicted molar refractivity (Wildman–Crippen MR) is 138 cm³/mol. The average Bonchev–Trinajstić information content (AvgIpc) is 3.58. The monoisotopic (exact) mass is 558 g/mol. The molecule has 1 fully saturated rings. The number of pyridine rings is 1. The van der Waals surface area contributed by atoms with E-state index in [1.54, 1.807) is 34.7 Å². The number of imidazole rings is 1. The number of halogens is 4. The van der Waals surface area contributed by atoms with Crippen molar-refractivity contribution in [1.29, 1.82) is 0 Å². The van der Waals surface area contributed by atoms with E-state index in [4.69, 9.17) is 21.1 Å². The first-order valence-corrected chi connectivity index (χ1v) is 12.3. The van der Waals surface area contributed by atoms with Gasteiger partial charge >= 0.3 is 6.18 Å².